The lowest BCUT2D eigenvalue weighted by molar-refractivity contribution is -0.144. The van der Waals surface area contributed by atoms with Gasteiger partial charge in [0.1, 0.15) is 0 Å². The van der Waals surface area contributed by atoms with E-state index in [9.17, 15) is 9.59 Å². The highest BCUT2D eigenvalue weighted by Gasteiger charge is 2.48. The first-order chi connectivity index (χ1) is 9.59. The van der Waals surface area contributed by atoms with Crippen LogP contribution in [0.4, 0.5) is 0 Å². The molecule has 0 spiro atoms. The number of hydrogen-bond acceptors (Lipinski definition) is 3. The third-order valence-electron chi connectivity index (χ3n) is 4.95. The van der Waals surface area contributed by atoms with Crippen LogP contribution < -0.4 is 5.32 Å². The van der Waals surface area contributed by atoms with Crippen LogP contribution in [-0.4, -0.2) is 24.5 Å². The summed E-state index contributed by atoms with van der Waals surface area (Å²) in [5.74, 6) is 0.611. The maximum absolute atomic E-state index is 12.2. The van der Waals surface area contributed by atoms with E-state index < -0.39 is 0 Å². The maximum atomic E-state index is 12.2. The van der Waals surface area contributed by atoms with Crippen LogP contribution in [0.5, 0.6) is 0 Å². The van der Waals surface area contributed by atoms with E-state index in [0.717, 1.165) is 44.9 Å². The standard InChI is InChI=1S/C16H27NO3/c1-3-16(9-10-16)15(19)17-13-7-5-12(6-8-13)11-14(18)20-4-2/h12-13H,3-11H2,1-2H3,(H,17,19). The second-order valence-electron chi connectivity index (χ2n) is 6.33. The van der Waals surface area contributed by atoms with Crippen LogP contribution in [-0.2, 0) is 14.3 Å². The van der Waals surface area contributed by atoms with Crippen molar-refractivity contribution in [3.8, 4) is 0 Å². The van der Waals surface area contributed by atoms with Gasteiger partial charge in [0.2, 0.25) is 5.91 Å². The number of carbonyl (C=O) groups excluding carboxylic acids is 2. The summed E-state index contributed by atoms with van der Waals surface area (Å²) < 4.78 is 4.99. The van der Waals surface area contributed by atoms with Gasteiger partial charge in [0.15, 0.2) is 0 Å². The van der Waals surface area contributed by atoms with Gasteiger partial charge in [-0.05, 0) is 57.8 Å². The minimum atomic E-state index is -0.0806. The van der Waals surface area contributed by atoms with Gasteiger partial charge in [0.05, 0.1) is 6.61 Å². The molecule has 0 unspecified atom stereocenters. The lowest BCUT2D eigenvalue weighted by Gasteiger charge is -2.29. The lowest BCUT2D eigenvalue weighted by Crippen LogP contribution is -2.41. The molecule has 0 heterocycles. The van der Waals surface area contributed by atoms with Gasteiger partial charge in [-0.15, -0.1) is 0 Å². The summed E-state index contributed by atoms with van der Waals surface area (Å²) >= 11 is 0. The fourth-order valence-electron chi connectivity index (χ4n) is 3.20. The minimum absolute atomic E-state index is 0.0399. The monoisotopic (exact) mass is 281 g/mol. The molecule has 2 aliphatic rings. The lowest BCUT2D eigenvalue weighted by atomic mass is 9.84. The molecular weight excluding hydrogens is 254 g/mol. The van der Waals surface area contributed by atoms with Crippen molar-refractivity contribution in [2.24, 2.45) is 11.3 Å². The van der Waals surface area contributed by atoms with E-state index in [-0.39, 0.29) is 17.3 Å². The fourth-order valence-corrected chi connectivity index (χ4v) is 3.20. The number of hydrogen-bond donors (Lipinski definition) is 1. The second-order valence-corrected chi connectivity index (χ2v) is 6.33. The third-order valence-corrected chi connectivity index (χ3v) is 4.95. The smallest absolute Gasteiger partial charge is 0.306 e. The van der Waals surface area contributed by atoms with Gasteiger partial charge >= 0.3 is 5.97 Å². The third kappa shape index (κ3) is 3.74. The molecule has 0 radical (unpaired) electrons. The topological polar surface area (TPSA) is 55.4 Å². The molecule has 1 N–H and O–H groups in total. The summed E-state index contributed by atoms with van der Waals surface area (Å²) in [6.07, 6.45) is 7.61. The number of nitrogens with one attached hydrogen (secondary N) is 1. The Morgan fingerprint density at radius 1 is 1.15 bits per heavy atom. The van der Waals surface area contributed by atoms with Crippen molar-refractivity contribution in [3.05, 3.63) is 0 Å². The molecule has 0 aromatic rings. The fraction of sp³-hybridized carbons (Fsp3) is 0.875. The SMILES string of the molecule is CCOC(=O)CC1CCC(NC(=O)C2(CC)CC2)CC1. The van der Waals surface area contributed by atoms with E-state index in [1.807, 2.05) is 6.92 Å². The average molecular weight is 281 g/mol. The minimum Gasteiger partial charge on any atom is -0.466 e. The first-order valence-electron chi connectivity index (χ1n) is 8.06. The molecule has 0 atom stereocenters. The van der Waals surface area contributed by atoms with Crippen LogP contribution in [0.1, 0.15) is 65.2 Å². The Labute approximate surface area is 121 Å². The summed E-state index contributed by atoms with van der Waals surface area (Å²) in [7, 11) is 0. The molecule has 4 heteroatoms. The van der Waals surface area contributed by atoms with Gasteiger partial charge in [-0.25, -0.2) is 0 Å². The predicted octanol–water partition coefficient (Wildman–Crippen LogP) is 2.80. The van der Waals surface area contributed by atoms with E-state index >= 15 is 0 Å². The van der Waals surface area contributed by atoms with Crippen molar-refractivity contribution in [1.82, 2.24) is 5.32 Å². The second kappa shape index (κ2) is 6.59. The molecule has 1 amide bonds. The van der Waals surface area contributed by atoms with Crippen LogP contribution in [0.3, 0.4) is 0 Å². The summed E-state index contributed by atoms with van der Waals surface area (Å²) in [5, 5.41) is 3.22. The van der Waals surface area contributed by atoms with Crippen molar-refractivity contribution in [1.29, 1.82) is 0 Å². The molecule has 0 aromatic heterocycles. The largest absolute Gasteiger partial charge is 0.466 e. The Morgan fingerprint density at radius 3 is 2.30 bits per heavy atom. The van der Waals surface area contributed by atoms with Crippen LogP contribution in [0.2, 0.25) is 0 Å². The van der Waals surface area contributed by atoms with Gasteiger partial charge < -0.3 is 10.1 Å². The number of amides is 1. The maximum Gasteiger partial charge on any atom is 0.306 e. The van der Waals surface area contributed by atoms with E-state index in [2.05, 4.69) is 12.2 Å². The van der Waals surface area contributed by atoms with E-state index in [1.165, 1.54) is 0 Å². The molecule has 2 fully saturated rings. The zero-order valence-corrected chi connectivity index (χ0v) is 12.7. The van der Waals surface area contributed by atoms with Crippen LogP contribution >= 0.6 is 0 Å². The Morgan fingerprint density at radius 2 is 1.80 bits per heavy atom. The first-order valence-corrected chi connectivity index (χ1v) is 8.06. The molecular formula is C16H27NO3. The zero-order valence-electron chi connectivity index (χ0n) is 12.7. The number of ether oxygens (including phenoxy) is 1. The molecule has 4 nitrogen and oxygen atoms in total. The predicted molar refractivity (Wildman–Crippen MR) is 77.1 cm³/mol. The van der Waals surface area contributed by atoms with Gasteiger partial charge in [-0.2, -0.15) is 0 Å². The summed E-state index contributed by atoms with van der Waals surface area (Å²) in [6.45, 7) is 4.40. The van der Waals surface area contributed by atoms with Crippen LogP contribution in [0.15, 0.2) is 0 Å². The molecule has 0 saturated heterocycles. The van der Waals surface area contributed by atoms with Crippen molar-refractivity contribution < 1.29 is 14.3 Å². The number of esters is 1. The van der Waals surface area contributed by atoms with Crippen molar-refractivity contribution >= 4 is 11.9 Å². The molecule has 2 aliphatic carbocycles. The van der Waals surface area contributed by atoms with E-state index in [1.54, 1.807) is 0 Å². The zero-order chi connectivity index (χ0) is 14.6. The van der Waals surface area contributed by atoms with Gasteiger partial charge in [-0.3, -0.25) is 9.59 Å². The Kier molecular flexibility index (Phi) is 5.06. The molecule has 114 valence electrons. The van der Waals surface area contributed by atoms with Crippen LogP contribution in [0, 0.1) is 11.3 Å². The Balaban J connectivity index is 1.69. The van der Waals surface area contributed by atoms with Crippen molar-refractivity contribution in [2.45, 2.75) is 71.3 Å². The normalized spacial score (nSPS) is 27.7. The molecule has 0 bridgehead atoms. The van der Waals surface area contributed by atoms with Crippen molar-refractivity contribution in [3.63, 3.8) is 0 Å². The van der Waals surface area contributed by atoms with Crippen LogP contribution in [0.25, 0.3) is 0 Å². The highest BCUT2D eigenvalue weighted by molar-refractivity contribution is 5.85. The average Bonchev–Trinajstić information content (AvgIpc) is 3.22. The number of rotatable bonds is 6. The first kappa shape index (κ1) is 15.3. The highest BCUT2D eigenvalue weighted by Crippen LogP contribution is 2.49. The van der Waals surface area contributed by atoms with Gasteiger partial charge in [0.25, 0.3) is 0 Å². The molecule has 0 aromatic carbocycles. The summed E-state index contributed by atoms with van der Waals surface area (Å²) in [5.41, 5.74) is -0.0399. The van der Waals surface area contributed by atoms with E-state index in [0.29, 0.717) is 25.0 Å². The number of carbonyl (C=O) groups is 2. The van der Waals surface area contributed by atoms with E-state index in [4.69, 9.17) is 4.74 Å². The molecule has 2 saturated carbocycles. The van der Waals surface area contributed by atoms with Crippen molar-refractivity contribution in [2.75, 3.05) is 6.61 Å². The molecule has 20 heavy (non-hydrogen) atoms. The Bertz CT molecular complexity index is 355. The highest BCUT2D eigenvalue weighted by atomic mass is 16.5. The summed E-state index contributed by atoms with van der Waals surface area (Å²) in [6, 6.07) is 0.310. The Hall–Kier alpha value is -1.06. The quantitative estimate of drug-likeness (QED) is 0.762. The molecule has 0 aliphatic heterocycles. The van der Waals surface area contributed by atoms with Gasteiger partial charge in [-0.1, -0.05) is 6.92 Å². The van der Waals surface area contributed by atoms with Gasteiger partial charge in [0, 0.05) is 17.9 Å². The molecule has 2 rings (SSSR count). The summed E-state index contributed by atoms with van der Waals surface area (Å²) in [4.78, 5) is 23.6.